The fourth-order valence-electron chi connectivity index (χ4n) is 3.98. The van der Waals surface area contributed by atoms with Crippen LogP contribution in [0.4, 0.5) is 17.6 Å². The third-order valence-corrected chi connectivity index (χ3v) is 7.65. The molecule has 1 aliphatic rings. The van der Waals surface area contributed by atoms with Crippen molar-refractivity contribution in [3.63, 3.8) is 0 Å². The van der Waals surface area contributed by atoms with E-state index in [1.54, 1.807) is 30.3 Å². The van der Waals surface area contributed by atoms with Crippen molar-refractivity contribution in [3.05, 3.63) is 77.7 Å². The van der Waals surface area contributed by atoms with E-state index in [9.17, 15) is 36.0 Å². The molecule has 3 aromatic rings. The van der Waals surface area contributed by atoms with Gasteiger partial charge in [-0.15, -0.1) is 0 Å². The van der Waals surface area contributed by atoms with Crippen molar-refractivity contribution in [2.24, 2.45) is 0 Å². The summed E-state index contributed by atoms with van der Waals surface area (Å²) >= 11 is 0. The summed E-state index contributed by atoms with van der Waals surface area (Å²) < 4.78 is 81.7. The van der Waals surface area contributed by atoms with Gasteiger partial charge in [-0.3, -0.25) is 15.1 Å². The van der Waals surface area contributed by atoms with Crippen LogP contribution in [0.2, 0.25) is 0 Å². The predicted molar refractivity (Wildman–Crippen MR) is 127 cm³/mol. The maximum Gasteiger partial charge on any atom is 0.407 e. The van der Waals surface area contributed by atoms with Crippen LogP contribution in [0.1, 0.15) is 30.0 Å². The van der Waals surface area contributed by atoms with Crippen LogP contribution in [-0.4, -0.2) is 42.8 Å². The molecular weight excluding hydrogens is 512 g/mol. The van der Waals surface area contributed by atoms with E-state index in [2.05, 4.69) is 15.6 Å². The van der Waals surface area contributed by atoms with Gasteiger partial charge in [0.2, 0.25) is 5.91 Å². The maximum absolute atomic E-state index is 14.0. The van der Waals surface area contributed by atoms with Gasteiger partial charge in [-0.1, -0.05) is 36.4 Å². The van der Waals surface area contributed by atoms with E-state index in [1.807, 2.05) is 6.07 Å². The molecule has 0 spiro atoms. The Hall–Kier alpha value is -3.56. The molecule has 194 valence electrons. The zero-order valence-corrected chi connectivity index (χ0v) is 20.1. The lowest BCUT2D eigenvalue weighted by Gasteiger charge is -2.28. The summed E-state index contributed by atoms with van der Waals surface area (Å²) in [5, 5.41) is 14.5. The van der Waals surface area contributed by atoms with Gasteiger partial charge in [0.05, 0.1) is 23.1 Å². The molecule has 1 fully saturated rings. The number of carbonyl (C=O) groups excluding carboxylic acids is 1. The standard InChI is InChI=1S/C25H22F4N4O3S/c26-19-8-6-17(7-9-19)22(25(27,28)29)32-20(23(34)33-24(15-30)10-11-24)14-37(35,36)13-18-4-1-3-16-5-2-12-31-21(16)18/h1-9,12,20,22,32H,10-11,13-14H2,(H,33,34)/t20-,22-/m0/s1. The maximum atomic E-state index is 14.0. The molecule has 1 amide bonds. The number of halogens is 4. The number of pyridine rings is 1. The van der Waals surface area contributed by atoms with Crippen molar-refractivity contribution in [2.45, 2.75) is 42.4 Å². The van der Waals surface area contributed by atoms with Gasteiger partial charge in [0.15, 0.2) is 9.84 Å². The third-order valence-electron chi connectivity index (χ3n) is 6.05. The van der Waals surface area contributed by atoms with Crippen LogP contribution in [-0.2, 0) is 20.4 Å². The monoisotopic (exact) mass is 534 g/mol. The molecule has 2 aromatic carbocycles. The average Bonchev–Trinajstić information content (AvgIpc) is 3.61. The van der Waals surface area contributed by atoms with E-state index in [4.69, 9.17) is 0 Å². The minimum atomic E-state index is -4.94. The van der Waals surface area contributed by atoms with E-state index in [-0.39, 0.29) is 0 Å². The first-order chi connectivity index (χ1) is 17.4. The van der Waals surface area contributed by atoms with Crippen LogP contribution in [0.25, 0.3) is 10.9 Å². The Balaban J connectivity index is 1.64. The first kappa shape index (κ1) is 26.5. The fourth-order valence-corrected chi connectivity index (χ4v) is 5.56. The zero-order valence-electron chi connectivity index (χ0n) is 19.3. The number of nitrogens with one attached hydrogen (secondary N) is 2. The Bertz CT molecular complexity index is 1440. The van der Waals surface area contributed by atoms with Crippen LogP contribution in [0, 0.1) is 17.1 Å². The molecule has 7 nitrogen and oxygen atoms in total. The number of rotatable bonds is 9. The molecule has 12 heteroatoms. The number of hydrogen-bond donors (Lipinski definition) is 2. The Kier molecular flexibility index (Phi) is 7.21. The van der Waals surface area contributed by atoms with Gasteiger partial charge in [-0.25, -0.2) is 12.8 Å². The molecule has 4 rings (SSSR count). The number of carbonyl (C=O) groups is 1. The van der Waals surface area contributed by atoms with Gasteiger partial charge in [0.25, 0.3) is 0 Å². The Morgan fingerprint density at radius 2 is 1.78 bits per heavy atom. The Morgan fingerprint density at radius 1 is 1.11 bits per heavy atom. The second kappa shape index (κ2) is 10.1. The van der Waals surface area contributed by atoms with Gasteiger partial charge >= 0.3 is 6.18 Å². The highest BCUT2D eigenvalue weighted by Gasteiger charge is 2.48. The molecular formula is C25H22F4N4O3S. The van der Waals surface area contributed by atoms with Crippen molar-refractivity contribution in [3.8, 4) is 6.07 Å². The minimum Gasteiger partial charge on any atom is -0.336 e. The normalized spacial score (nSPS) is 16.5. The topological polar surface area (TPSA) is 112 Å². The third kappa shape index (κ3) is 6.42. The lowest BCUT2D eigenvalue weighted by Crippen LogP contribution is -2.54. The number of nitrogens with zero attached hydrogens (tertiary/aromatic N) is 2. The molecule has 37 heavy (non-hydrogen) atoms. The summed E-state index contributed by atoms with van der Waals surface area (Å²) in [6.07, 6.45) is -2.84. The summed E-state index contributed by atoms with van der Waals surface area (Å²) in [6, 6.07) is 9.41. The molecule has 0 aliphatic heterocycles. The largest absolute Gasteiger partial charge is 0.407 e. The number of amides is 1. The first-order valence-electron chi connectivity index (χ1n) is 11.3. The second-order valence-corrected chi connectivity index (χ2v) is 11.1. The lowest BCUT2D eigenvalue weighted by atomic mass is 10.0. The summed E-state index contributed by atoms with van der Waals surface area (Å²) in [4.78, 5) is 17.2. The van der Waals surface area contributed by atoms with Crippen molar-refractivity contribution < 1.29 is 30.8 Å². The number of nitriles is 1. The number of aromatic nitrogens is 1. The highest BCUT2D eigenvalue weighted by atomic mass is 32.2. The van der Waals surface area contributed by atoms with Crippen molar-refractivity contribution in [2.75, 3.05) is 5.75 Å². The van der Waals surface area contributed by atoms with Crippen molar-refractivity contribution in [1.82, 2.24) is 15.6 Å². The summed E-state index contributed by atoms with van der Waals surface area (Å²) in [7, 11) is -4.17. The van der Waals surface area contributed by atoms with E-state index in [1.165, 1.54) is 6.20 Å². The number of fused-ring (bicyclic) bond motifs is 1. The summed E-state index contributed by atoms with van der Waals surface area (Å²) in [5.41, 5.74) is -0.879. The van der Waals surface area contributed by atoms with Gasteiger partial charge in [0.1, 0.15) is 23.4 Å². The number of sulfone groups is 1. The van der Waals surface area contributed by atoms with E-state index in [0.717, 1.165) is 24.3 Å². The van der Waals surface area contributed by atoms with Gasteiger partial charge in [-0.2, -0.15) is 18.4 Å². The quantitative estimate of drug-likeness (QED) is 0.405. The van der Waals surface area contributed by atoms with Crippen LogP contribution in [0.15, 0.2) is 60.8 Å². The van der Waals surface area contributed by atoms with Crippen LogP contribution >= 0.6 is 0 Å². The first-order valence-corrected chi connectivity index (χ1v) is 13.1. The van der Waals surface area contributed by atoms with E-state index < -0.39 is 62.4 Å². The molecule has 2 atom stereocenters. The molecule has 2 N–H and O–H groups in total. The molecule has 0 bridgehead atoms. The highest BCUT2D eigenvalue weighted by Crippen LogP contribution is 2.36. The number of para-hydroxylation sites is 1. The SMILES string of the molecule is N#CC1(NC(=O)[C@H](CS(=O)(=O)Cc2cccc3cccnc23)N[C@@H](c2ccc(F)cc2)C(F)(F)F)CC1. The van der Waals surface area contributed by atoms with Gasteiger partial charge in [0, 0.05) is 11.6 Å². The summed E-state index contributed by atoms with van der Waals surface area (Å²) in [6.45, 7) is 0. The second-order valence-electron chi connectivity index (χ2n) is 8.98. The Morgan fingerprint density at radius 3 is 2.41 bits per heavy atom. The predicted octanol–water partition coefficient (Wildman–Crippen LogP) is 3.72. The van der Waals surface area contributed by atoms with Crippen molar-refractivity contribution >= 4 is 26.6 Å². The molecule has 1 saturated carbocycles. The van der Waals surface area contributed by atoms with E-state index in [0.29, 0.717) is 29.3 Å². The number of benzene rings is 2. The number of alkyl halides is 3. The molecule has 1 aromatic heterocycles. The minimum absolute atomic E-state index is 0.303. The zero-order chi connectivity index (χ0) is 26.8. The number of hydrogen-bond acceptors (Lipinski definition) is 6. The molecule has 1 heterocycles. The van der Waals surface area contributed by atoms with Crippen LogP contribution in [0.3, 0.4) is 0 Å². The smallest absolute Gasteiger partial charge is 0.336 e. The Labute approximate surface area is 210 Å². The summed E-state index contributed by atoms with van der Waals surface area (Å²) in [5.74, 6) is -3.34. The molecule has 0 unspecified atom stereocenters. The van der Waals surface area contributed by atoms with Crippen LogP contribution < -0.4 is 10.6 Å². The van der Waals surface area contributed by atoms with Gasteiger partial charge < -0.3 is 5.32 Å². The molecule has 1 aliphatic carbocycles. The highest BCUT2D eigenvalue weighted by molar-refractivity contribution is 7.90. The van der Waals surface area contributed by atoms with E-state index >= 15 is 0 Å². The molecule has 0 saturated heterocycles. The molecule has 0 radical (unpaired) electrons. The van der Waals surface area contributed by atoms with Crippen molar-refractivity contribution in [1.29, 1.82) is 5.26 Å². The van der Waals surface area contributed by atoms with Crippen LogP contribution in [0.5, 0.6) is 0 Å². The fraction of sp³-hybridized carbons (Fsp3) is 0.320. The average molecular weight is 535 g/mol. The lowest BCUT2D eigenvalue weighted by molar-refractivity contribution is -0.160. The van der Waals surface area contributed by atoms with Gasteiger partial charge in [-0.05, 0) is 42.2 Å².